The first-order chi connectivity index (χ1) is 12.8. The van der Waals surface area contributed by atoms with E-state index in [1.54, 1.807) is 30.5 Å². The van der Waals surface area contributed by atoms with Crippen molar-refractivity contribution < 1.29 is 9.21 Å². The highest BCUT2D eigenvalue weighted by atomic mass is 32.2. The van der Waals surface area contributed by atoms with Gasteiger partial charge in [0.1, 0.15) is 0 Å². The summed E-state index contributed by atoms with van der Waals surface area (Å²) in [5, 5.41) is 4.92. The number of nitrogens with zero attached hydrogens (tertiary/aromatic N) is 3. The molecular formula is C20H15N3O2S. The van der Waals surface area contributed by atoms with Gasteiger partial charge in [0.15, 0.2) is 10.9 Å². The van der Waals surface area contributed by atoms with Crippen molar-refractivity contribution in [2.75, 3.05) is 0 Å². The Hall–Kier alpha value is -3.12. The van der Waals surface area contributed by atoms with E-state index in [-0.39, 0.29) is 5.91 Å². The van der Waals surface area contributed by atoms with Gasteiger partial charge in [-0.25, -0.2) is 0 Å². The van der Waals surface area contributed by atoms with Crippen LogP contribution in [0.4, 0.5) is 0 Å². The molecule has 2 heterocycles. The maximum Gasteiger partial charge on any atom is 0.280 e. The molecule has 0 saturated heterocycles. The van der Waals surface area contributed by atoms with E-state index in [0.717, 1.165) is 5.56 Å². The molecular weight excluding hydrogens is 346 g/mol. The van der Waals surface area contributed by atoms with Crippen molar-refractivity contribution in [1.29, 1.82) is 0 Å². The van der Waals surface area contributed by atoms with Crippen molar-refractivity contribution >= 4 is 17.7 Å². The molecule has 4 rings (SSSR count). The molecule has 0 N–H and O–H groups in total. The van der Waals surface area contributed by atoms with Crippen LogP contribution in [0.2, 0.25) is 0 Å². The zero-order chi connectivity index (χ0) is 17.8. The molecule has 2 aromatic heterocycles. The van der Waals surface area contributed by atoms with Crippen molar-refractivity contribution in [3.63, 3.8) is 0 Å². The van der Waals surface area contributed by atoms with Crippen molar-refractivity contribution in [2.45, 2.75) is 10.9 Å². The fourth-order valence-electron chi connectivity index (χ4n) is 2.46. The average molecular weight is 361 g/mol. The Morgan fingerprint density at radius 2 is 1.69 bits per heavy atom. The maximum atomic E-state index is 12.9. The molecule has 0 aliphatic heterocycles. The zero-order valence-corrected chi connectivity index (χ0v) is 14.6. The summed E-state index contributed by atoms with van der Waals surface area (Å²) >= 11 is 1.47. The molecule has 128 valence electrons. The van der Waals surface area contributed by atoms with Crippen molar-refractivity contribution in [1.82, 2.24) is 14.8 Å². The Labute approximate surface area is 154 Å². The molecule has 0 fully saturated rings. The van der Waals surface area contributed by atoms with Gasteiger partial charge >= 0.3 is 0 Å². The number of rotatable bonds is 5. The van der Waals surface area contributed by atoms with Gasteiger partial charge in [0.2, 0.25) is 5.82 Å². The lowest BCUT2D eigenvalue weighted by molar-refractivity contribution is 0.0933. The third-order valence-electron chi connectivity index (χ3n) is 3.74. The summed E-state index contributed by atoms with van der Waals surface area (Å²) < 4.78 is 6.73. The molecule has 26 heavy (non-hydrogen) atoms. The topological polar surface area (TPSA) is 60.9 Å². The Bertz CT molecular complexity index is 996. The molecule has 0 radical (unpaired) electrons. The second-order valence-corrected chi connectivity index (χ2v) is 6.50. The number of furan rings is 1. The summed E-state index contributed by atoms with van der Waals surface area (Å²) in [4.78, 5) is 17.4. The lowest BCUT2D eigenvalue weighted by Crippen LogP contribution is -2.14. The van der Waals surface area contributed by atoms with Crippen LogP contribution in [0.5, 0.6) is 0 Å². The van der Waals surface area contributed by atoms with Crippen LogP contribution >= 0.6 is 11.8 Å². The average Bonchev–Trinajstić information content (AvgIpc) is 3.37. The number of carbonyl (C=O) groups excluding carboxylic acids is 1. The number of carbonyl (C=O) groups is 1. The van der Waals surface area contributed by atoms with Crippen LogP contribution in [-0.2, 0) is 5.75 Å². The first kappa shape index (κ1) is 16.4. The quantitative estimate of drug-likeness (QED) is 0.489. The summed E-state index contributed by atoms with van der Waals surface area (Å²) in [6.07, 6.45) is 1.56. The van der Waals surface area contributed by atoms with Gasteiger partial charge < -0.3 is 4.42 Å². The third kappa shape index (κ3) is 3.45. The van der Waals surface area contributed by atoms with Gasteiger partial charge in [-0.2, -0.15) is 9.67 Å². The van der Waals surface area contributed by atoms with E-state index in [0.29, 0.717) is 28.1 Å². The fourth-order valence-corrected chi connectivity index (χ4v) is 3.34. The summed E-state index contributed by atoms with van der Waals surface area (Å²) in [5.41, 5.74) is 1.71. The van der Waals surface area contributed by atoms with Crippen molar-refractivity contribution in [2.24, 2.45) is 0 Å². The lowest BCUT2D eigenvalue weighted by Gasteiger charge is -2.04. The highest BCUT2D eigenvalue weighted by Gasteiger charge is 2.20. The molecule has 0 atom stereocenters. The van der Waals surface area contributed by atoms with Crippen molar-refractivity contribution in [3.8, 4) is 11.6 Å². The molecule has 0 aliphatic carbocycles. The number of hydrogen-bond donors (Lipinski definition) is 0. The Kier molecular flexibility index (Phi) is 4.66. The fraction of sp³-hybridized carbons (Fsp3) is 0.0500. The number of aromatic nitrogens is 3. The molecule has 0 amide bonds. The van der Waals surface area contributed by atoms with E-state index in [1.807, 2.05) is 48.5 Å². The minimum atomic E-state index is -0.216. The predicted octanol–water partition coefficient (Wildman–Crippen LogP) is 4.52. The number of thioether (sulfide) groups is 1. The van der Waals surface area contributed by atoms with Gasteiger partial charge in [-0.15, -0.1) is 5.10 Å². The van der Waals surface area contributed by atoms with E-state index in [2.05, 4.69) is 10.1 Å². The minimum absolute atomic E-state index is 0.216. The first-order valence-corrected chi connectivity index (χ1v) is 9.07. The number of hydrogen-bond acceptors (Lipinski definition) is 5. The summed E-state index contributed by atoms with van der Waals surface area (Å²) in [5.74, 6) is 1.41. The molecule has 0 unspecified atom stereocenters. The van der Waals surface area contributed by atoms with E-state index in [4.69, 9.17) is 4.42 Å². The van der Waals surface area contributed by atoms with Crippen LogP contribution in [0.3, 0.4) is 0 Å². The second-order valence-electron chi connectivity index (χ2n) is 5.55. The monoisotopic (exact) mass is 361 g/mol. The number of benzene rings is 2. The minimum Gasteiger partial charge on any atom is -0.461 e. The van der Waals surface area contributed by atoms with Gasteiger partial charge in [0.05, 0.1) is 6.26 Å². The second kappa shape index (κ2) is 7.41. The smallest absolute Gasteiger partial charge is 0.280 e. The van der Waals surface area contributed by atoms with E-state index >= 15 is 0 Å². The summed E-state index contributed by atoms with van der Waals surface area (Å²) in [6.45, 7) is 0. The van der Waals surface area contributed by atoms with E-state index < -0.39 is 0 Å². The Morgan fingerprint density at radius 1 is 0.962 bits per heavy atom. The summed E-state index contributed by atoms with van der Waals surface area (Å²) in [6, 6.07) is 22.6. The molecule has 0 saturated carbocycles. The Morgan fingerprint density at radius 3 is 2.38 bits per heavy atom. The van der Waals surface area contributed by atoms with Crippen LogP contribution < -0.4 is 0 Å². The van der Waals surface area contributed by atoms with Crippen LogP contribution in [-0.4, -0.2) is 20.7 Å². The van der Waals surface area contributed by atoms with Crippen LogP contribution in [0, 0.1) is 0 Å². The molecule has 0 spiro atoms. The van der Waals surface area contributed by atoms with Crippen LogP contribution in [0.1, 0.15) is 15.9 Å². The van der Waals surface area contributed by atoms with Crippen molar-refractivity contribution in [3.05, 3.63) is 90.2 Å². The molecule has 5 nitrogen and oxygen atoms in total. The van der Waals surface area contributed by atoms with E-state index in [9.17, 15) is 4.79 Å². The maximum absolute atomic E-state index is 12.9. The van der Waals surface area contributed by atoms with Gasteiger partial charge in [0.25, 0.3) is 5.91 Å². The third-order valence-corrected chi connectivity index (χ3v) is 4.74. The standard InChI is InChI=1S/C20H15N3O2S/c24-19(16-10-5-2-6-11-16)23-20(26-14-15-8-3-1-4-9-15)21-18(22-23)17-12-7-13-25-17/h1-13H,14H2. The highest BCUT2D eigenvalue weighted by molar-refractivity contribution is 7.98. The molecule has 2 aromatic carbocycles. The molecule has 6 heteroatoms. The largest absolute Gasteiger partial charge is 0.461 e. The van der Waals surface area contributed by atoms with Crippen LogP contribution in [0.15, 0.2) is 88.6 Å². The SMILES string of the molecule is O=C(c1ccccc1)n1nc(-c2ccco2)nc1SCc1ccccc1. The normalized spacial score (nSPS) is 10.8. The van der Waals surface area contributed by atoms with Gasteiger partial charge in [-0.1, -0.05) is 60.3 Å². The van der Waals surface area contributed by atoms with Gasteiger partial charge in [-0.3, -0.25) is 4.79 Å². The highest BCUT2D eigenvalue weighted by Crippen LogP contribution is 2.25. The van der Waals surface area contributed by atoms with Gasteiger partial charge in [-0.05, 0) is 29.8 Å². The Balaban J connectivity index is 1.67. The zero-order valence-electron chi connectivity index (χ0n) is 13.8. The van der Waals surface area contributed by atoms with Gasteiger partial charge in [0, 0.05) is 11.3 Å². The molecule has 0 bridgehead atoms. The predicted molar refractivity (Wildman–Crippen MR) is 99.9 cm³/mol. The molecule has 0 aliphatic rings. The molecule has 4 aromatic rings. The summed E-state index contributed by atoms with van der Waals surface area (Å²) in [7, 11) is 0. The lowest BCUT2D eigenvalue weighted by atomic mass is 10.2. The first-order valence-electron chi connectivity index (χ1n) is 8.09. The van der Waals surface area contributed by atoms with Crippen LogP contribution in [0.25, 0.3) is 11.6 Å². The van der Waals surface area contributed by atoms with E-state index in [1.165, 1.54) is 16.4 Å².